The third-order valence-electron chi connectivity index (χ3n) is 5.49. The van der Waals surface area contributed by atoms with Crippen LogP contribution in [0.3, 0.4) is 0 Å². The van der Waals surface area contributed by atoms with Crippen LogP contribution in [-0.2, 0) is 15.1 Å². The molecule has 0 aliphatic rings. The normalized spacial score (nSPS) is 11.8. The molecule has 1 unspecified atom stereocenters. The van der Waals surface area contributed by atoms with E-state index in [0.29, 0.717) is 18.2 Å². The topological polar surface area (TPSA) is 342 Å². The van der Waals surface area contributed by atoms with E-state index in [1.165, 1.54) is 0 Å². The van der Waals surface area contributed by atoms with Crippen molar-refractivity contribution in [3.63, 3.8) is 0 Å². The quantitative estimate of drug-likeness (QED) is 0.0721. The van der Waals surface area contributed by atoms with Crippen LogP contribution in [0.15, 0.2) is 18.2 Å². The van der Waals surface area contributed by atoms with Gasteiger partial charge in [-0.05, 0) is 6.07 Å². The van der Waals surface area contributed by atoms with Crippen molar-refractivity contribution in [2.75, 3.05) is 0 Å². The van der Waals surface area contributed by atoms with Crippen molar-refractivity contribution in [2.45, 2.75) is 5.60 Å². The number of carbonyl (C=O) groups excluding carboxylic acids is 2. The van der Waals surface area contributed by atoms with E-state index in [1.54, 1.807) is 0 Å². The smallest absolute Gasteiger partial charge is 0.478 e. The molecule has 218 valence electrons. The fourth-order valence-electron chi connectivity index (χ4n) is 4.03. The van der Waals surface area contributed by atoms with Gasteiger partial charge in [0.05, 0.1) is 33.4 Å². The average Bonchev–Trinajstić information content (AvgIpc) is 2.88. The van der Waals surface area contributed by atoms with Crippen LogP contribution in [0.4, 0.5) is 4.79 Å². The summed E-state index contributed by atoms with van der Waals surface area (Å²) in [5, 5.41) is 76.9. The maximum atomic E-state index is 14.0. The van der Waals surface area contributed by atoms with Crippen LogP contribution in [0.25, 0.3) is 0 Å². The number of hydrogen-bond donors (Lipinski definition) is 8. The lowest BCUT2D eigenvalue weighted by molar-refractivity contribution is -0.156. The Kier molecular flexibility index (Phi) is 8.43. The molecule has 2 rings (SSSR count). The first-order chi connectivity index (χ1) is 19.4. The molecular formula is C23H12O19. The van der Waals surface area contributed by atoms with Crippen molar-refractivity contribution in [2.24, 2.45) is 0 Å². The first-order valence-electron chi connectivity index (χ1n) is 10.3. The van der Waals surface area contributed by atoms with E-state index < -0.39 is 116 Å². The molecule has 42 heavy (non-hydrogen) atoms. The summed E-state index contributed by atoms with van der Waals surface area (Å²) < 4.78 is 4.23. The van der Waals surface area contributed by atoms with Crippen molar-refractivity contribution >= 4 is 60.0 Å². The van der Waals surface area contributed by atoms with Crippen LogP contribution >= 0.6 is 0 Å². The monoisotopic (exact) mass is 592 g/mol. The molecule has 2 aromatic rings. The Morgan fingerprint density at radius 3 is 1.36 bits per heavy atom. The summed E-state index contributed by atoms with van der Waals surface area (Å²) in [6, 6.07) is 1.49. The second kappa shape index (κ2) is 11.2. The highest BCUT2D eigenvalue weighted by Crippen LogP contribution is 2.39. The highest BCUT2D eigenvalue weighted by Gasteiger charge is 2.57. The van der Waals surface area contributed by atoms with Gasteiger partial charge in [0.2, 0.25) is 5.78 Å². The minimum absolute atomic E-state index is 0.341. The van der Waals surface area contributed by atoms with E-state index in [4.69, 9.17) is 0 Å². The van der Waals surface area contributed by atoms with Crippen molar-refractivity contribution < 1.29 is 93.5 Å². The summed E-state index contributed by atoms with van der Waals surface area (Å²) in [6.07, 6.45) is -3.41. The Hall–Kier alpha value is -6.66. The van der Waals surface area contributed by atoms with Crippen molar-refractivity contribution in [1.82, 2.24) is 0 Å². The van der Waals surface area contributed by atoms with E-state index in [2.05, 4.69) is 4.74 Å². The zero-order valence-corrected chi connectivity index (χ0v) is 19.9. The largest absolute Gasteiger partial charge is 0.507 e. The highest BCUT2D eigenvalue weighted by atomic mass is 16.7. The predicted octanol–water partition coefficient (Wildman–Crippen LogP) is 0.546. The maximum absolute atomic E-state index is 14.0. The van der Waals surface area contributed by atoms with Gasteiger partial charge < -0.3 is 45.6 Å². The summed E-state index contributed by atoms with van der Waals surface area (Å²) in [5.41, 5.74) is -20.5. The number of hydrogen-bond acceptors (Lipinski definition) is 11. The van der Waals surface area contributed by atoms with E-state index in [9.17, 15) is 88.8 Å². The molecule has 0 saturated heterocycles. The second-order valence-electron chi connectivity index (χ2n) is 7.65. The van der Waals surface area contributed by atoms with Crippen LogP contribution in [0.2, 0.25) is 0 Å². The molecule has 0 aromatic heterocycles. The number of carboxylic acids is 7. The number of aliphatic carboxylic acids is 1. The lowest BCUT2D eigenvalue weighted by atomic mass is 9.76. The van der Waals surface area contributed by atoms with Gasteiger partial charge in [-0.25, -0.2) is 38.4 Å². The van der Waals surface area contributed by atoms with Crippen LogP contribution in [-0.4, -0.2) is 101 Å². The molecule has 0 fully saturated rings. The number of ketones is 1. The minimum Gasteiger partial charge on any atom is -0.478 e. The molecule has 19 heteroatoms. The molecule has 8 N–H and O–H groups in total. The molecule has 0 bridgehead atoms. The van der Waals surface area contributed by atoms with E-state index in [-0.39, 0.29) is 0 Å². The van der Waals surface area contributed by atoms with Gasteiger partial charge in [0.25, 0.3) is 5.60 Å². The summed E-state index contributed by atoms with van der Waals surface area (Å²) in [6.45, 7) is 0. The standard InChI is InChI=1S/C23H12O19/c24-4-6-9(11(18(32)33)13(20(36)37)12(19(34)35)10(6)17(30)31)14(25)23(21(38)39,42-22(40)41)7-3-1-2-5(15(26)27)8(7)16(28)29/h1-4H,(H,26,27)(H,28,29)(H,30,31)(H,32,33)(H,34,35)(H,36,37)(H,38,39)(H,40,41). The predicted molar refractivity (Wildman–Crippen MR) is 123 cm³/mol. The Morgan fingerprint density at radius 1 is 0.571 bits per heavy atom. The van der Waals surface area contributed by atoms with Gasteiger partial charge in [-0.15, -0.1) is 0 Å². The van der Waals surface area contributed by atoms with Gasteiger partial charge in [0, 0.05) is 16.7 Å². The lowest BCUT2D eigenvalue weighted by Crippen LogP contribution is -2.50. The number of benzene rings is 2. The van der Waals surface area contributed by atoms with E-state index >= 15 is 0 Å². The highest BCUT2D eigenvalue weighted by molar-refractivity contribution is 6.27. The van der Waals surface area contributed by atoms with Gasteiger partial charge in [-0.3, -0.25) is 9.59 Å². The molecule has 0 spiro atoms. The van der Waals surface area contributed by atoms with Crippen molar-refractivity contribution in [1.29, 1.82) is 0 Å². The molecule has 1 atom stereocenters. The fraction of sp³-hybridized carbons (Fsp3) is 0.0435. The van der Waals surface area contributed by atoms with Gasteiger partial charge in [-0.1, -0.05) is 12.1 Å². The number of carboxylic acid groups (broad SMARTS) is 8. The van der Waals surface area contributed by atoms with Crippen molar-refractivity contribution in [3.8, 4) is 0 Å². The third-order valence-corrected chi connectivity index (χ3v) is 5.49. The molecule has 0 saturated carbocycles. The molecule has 0 heterocycles. The van der Waals surface area contributed by atoms with E-state index in [1.807, 2.05) is 0 Å². The number of rotatable bonds is 12. The summed E-state index contributed by atoms with van der Waals surface area (Å²) >= 11 is 0. The number of aromatic carboxylic acids is 6. The van der Waals surface area contributed by atoms with Crippen molar-refractivity contribution in [3.05, 3.63) is 68.3 Å². The van der Waals surface area contributed by atoms with Gasteiger partial charge in [0.1, 0.15) is 0 Å². The van der Waals surface area contributed by atoms with Crippen LogP contribution < -0.4 is 0 Å². The molecule has 0 amide bonds. The number of carbonyl (C=O) groups is 10. The molecular weight excluding hydrogens is 580 g/mol. The molecule has 19 nitrogen and oxygen atoms in total. The molecule has 2 aromatic carbocycles. The Bertz CT molecular complexity index is 1660. The summed E-state index contributed by atoms with van der Waals surface area (Å²) in [7, 11) is 0. The van der Waals surface area contributed by atoms with Crippen LogP contribution in [0.5, 0.6) is 0 Å². The summed E-state index contributed by atoms with van der Waals surface area (Å²) in [5.74, 6) is -19.9. The maximum Gasteiger partial charge on any atom is 0.507 e. The zero-order valence-electron chi connectivity index (χ0n) is 19.9. The second-order valence-corrected chi connectivity index (χ2v) is 7.65. The van der Waals surface area contributed by atoms with Crippen LogP contribution in [0, 0.1) is 0 Å². The van der Waals surface area contributed by atoms with E-state index in [0.717, 1.165) is 0 Å². The number of ether oxygens (including phenoxy) is 1. The van der Waals surface area contributed by atoms with Gasteiger partial charge >= 0.3 is 47.9 Å². The Morgan fingerprint density at radius 2 is 1.00 bits per heavy atom. The first kappa shape index (κ1) is 31.6. The first-order valence-corrected chi connectivity index (χ1v) is 10.3. The number of Topliss-reactive ketones (excluding diaryl/α,β-unsaturated/α-hetero) is 1. The molecule has 0 radical (unpaired) electrons. The van der Waals surface area contributed by atoms with Gasteiger partial charge in [-0.2, -0.15) is 0 Å². The molecule has 0 aliphatic carbocycles. The Balaban J connectivity index is 3.48. The Labute approximate surface area is 228 Å². The fourth-order valence-corrected chi connectivity index (χ4v) is 4.03. The average molecular weight is 592 g/mol. The van der Waals surface area contributed by atoms with Crippen LogP contribution in [0.1, 0.15) is 88.4 Å². The summed E-state index contributed by atoms with van der Waals surface area (Å²) in [4.78, 5) is 122. The lowest BCUT2D eigenvalue weighted by Gasteiger charge is -2.30. The molecule has 0 aliphatic heterocycles. The zero-order chi connectivity index (χ0) is 32.4. The minimum atomic E-state index is -4.39. The number of aldehydes is 1. The third kappa shape index (κ3) is 4.90. The van der Waals surface area contributed by atoms with Gasteiger partial charge in [0.15, 0.2) is 6.29 Å². The SMILES string of the molecule is O=Cc1c(C(=O)O)c(C(=O)O)c(C(=O)O)c(C(=O)O)c1C(=O)C(OC(=O)O)(C(=O)O)c1cccc(C(=O)O)c1C(=O)O.